The van der Waals surface area contributed by atoms with E-state index in [1.807, 2.05) is 0 Å². The highest BCUT2D eigenvalue weighted by molar-refractivity contribution is 5.95. The SMILES string of the molecule is Cc1cc(C(=O)NCC2(CO)CC2)cc(C)c1OC(F)F. The fraction of sp³-hybridized carbons (Fsp3) is 0.533. The minimum Gasteiger partial charge on any atom is -0.434 e. The molecule has 0 spiro atoms. The third-order valence-corrected chi connectivity index (χ3v) is 3.85. The molecule has 0 heterocycles. The molecule has 1 aliphatic rings. The van der Waals surface area contributed by atoms with Gasteiger partial charge < -0.3 is 15.2 Å². The van der Waals surface area contributed by atoms with Gasteiger partial charge in [-0.1, -0.05) is 0 Å². The molecule has 1 saturated carbocycles. The van der Waals surface area contributed by atoms with E-state index >= 15 is 0 Å². The summed E-state index contributed by atoms with van der Waals surface area (Å²) in [5, 5.41) is 12.0. The van der Waals surface area contributed by atoms with Crippen LogP contribution in [0.2, 0.25) is 0 Å². The molecule has 0 aliphatic heterocycles. The minimum absolute atomic E-state index is 0.0620. The zero-order valence-electron chi connectivity index (χ0n) is 12.1. The third-order valence-electron chi connectivity index (χ3n) is 3.85. The number of alkyl halides is 2. The summed E-state index contributed by atoms with van der Waals surface area (Å²) in [7, 11) is 0. The van der Waals surface area contributed by atoms with Crippen LogP contribution in [0.25, 0.3) is 0 Å². The van der Waals surface area contributed by atoms with E-state index in [2.05, 4.69) is 10.1 Å². The molecule has 21 heavy (non-hydrogen) atoms. The normalized spacial score (nSPS) is 15.9. The number of aryl methyl sites for hydroxylation is 2. The Balaban J connectivity index is 2.08. The van der Waals surface area contributed by atoms with Crippen molar-refractivity contribution in [1.82, 2.24) is 5.32 Å². The standard InChI is InChI=1S/C15H19F2NO3/c1-9-5-11(6-10(2)12(9)21-14(16)17)13(20)18-7-15(8-19)3-4-15/h5-6,14,19H,3-4,7-8H2,1-2H3,(H,18,20). The van der Waals surface area contributed by atoms with Gasteiger partial charge in [0.05, 0.1) is 6.61 Å². The Morgan fingerprint density at radius 3 is 2.38 bits per heavy atom. The van der Waals surface area contributed by atoms with Gasteiger partial charge in [-0.05, 0) is 49.9 Å². The molecule has 1 aromatic rings. The zero-order valence-corrected chi connectivity index (χ0v) is 12.1. The van der Waals surface area contributed by atoms with E-state index in [0.29, 0.717) is 23.2 Å². The highest BCUT2D eigenvalue weighted by Crippen LogP contribution is 2.44. The maximum absolute atomic E-state index is 12.3. The maximum atomic E-state index is 12.3. The fourth-order valence-corrected chi connectivity index (χ4v) is 2.29. The largest absolute Gasteiger partial charge is 0.434 e. The molecule has 4 nitrogen and oxygen atoms in total. The number of aliphatic hydroxyl groups excluding tert-OH is 1. The minimum atomic E-state index is -2.89. The van der Waals surface area contributed by atoms with E-state index in [1.165, 1.54) is 12.1 Å². The van der Waals surface area contributed by atoms with E-state index < -0.39 is 6.61 Å². The van der Waals surface area contributed by atoms with Crippen LogP contribution >= 0.6 is 0 Å². The number of carbonyl (C=O) groups is 1. The highest BCUT2D eigenvalue weighted by atomic mass is 19.3. The highest BCUT2D eigenvalue weighted by Gasteiger charge is 2.42. The Morgan fingerprint density at radius 1 is 1.38 bits per heavy atom. The number of amides is 1. The number of hydrogen-bond donors (Lipinski definition) is 2. The van der Waals surface area contributed by atoms with Gasteiger partial charge in [0, 0.05) is 17.5 Å². The van der Waals surface area contributed by atoms with E-state index in [1.54, 1.807) is 13.8 Å². The van der Waals surface area contributed by atoms with Crippen molar-refractivity contribution >= 4 is 5.91 Å². The van der Waals surface area contributed by atoms with Gasteiger partial charge in [0.15, 0.2) is 0 Å². The van der Waals surface area contributed by atoms with Crippen molar-refractivity contribution in [3.8, 4) is 5.75 Å². The molecule has 0 bridgehead atoms. The molecular formula is C15H19F2NO3. The first-order chi connectivity index (χ1) is 9.87. The smallest absolute Gasteiger partial charge is 0.387 e. The molecule has 0 radical (unpaired) electrons. The number of benzene rings is 1. The molecule has 2 rings (SSSR count). The number of halogens is 2. The lowest BCUT2D eigenvalue weighted by atomic mass is 10.0. The Bertz CT molecular complexity index is 519. The van der Waals surface area contributed by atoms with Crippen molar-refractivity contribution in [2.24, 2.45) is 5.41 Å². The molecule has 6 heteroatoms. The lowest BCUT2D eigenvalue weighted by molar-refractivity contribution is -0.0507. The predicted molar refractivity (Wildman–Crippen MR) is 73.6 cm³/mol. The summed E-state index contributed by atoms with van der Waals surface area (Å²) in [4.78, 5) is 12.1. The Labute approximate surface area is 122 Å². The number of aliphatic hydroxyl groups is 1. The fourth-order valence-electron chi connectivity index (χ4n) is 2.29. The summed E-state index contributed by atoms with van der Waals surface area (Å²) >= 11 is 0. The molecule has 0 saturated heterocycles. The van der Waals surface area contributed by atoms with Crippen molar-refractivity contribution in [2.75, 3.05) is 13.2 Å². The summed E-state index contributed by atoms with van der Waals surface area (Å²) in [5.41, 5.74) is 1.21. The predicted octanol–water partition coefficient (Wildman–Crippen LogP) is 2.41. The second-order valence-corrected chi connectivity index (χ2v) is 5.66. The van der Waals surface area contributed by atoms with E-state index in [-0.39, 0.29) is 23.7 Å². The molecule has 1 amide bonds. The number of nitrogens with one attached hydrogen (secondary N) is 1. The van der Waals surface area contributed by atoms with Crippen molar-refractivity contribution in [3.63, 3.8) is 0 Å². The second-order valence-electron chi connectivity index (χ2n) is 5.66. The van der Waals surface area contributed by atoms with Crippen LogP contribution < -0.4 is 10.1 Å². The van der Waals surface area contributed by atoms with Crippen LogP contribution in [0.1, 0.15) is 34.3 Å². The van der Waals surface area contributed by atoms with E-state index in [4.69, 9.17) is 0 Å². The van der Waals surface area contributed by atoms with Crippen LogP contribution in [-0.4, -0.2) is 30.8 Å². The van der Waals surface area contributed by atoms with Gasteiger partial charge in [0.2, 0.25) is 0 Å². The molecule has 116 valence electrons. The number of rotatable bonds is 6. The van der Waals surface area contributed by atoms with Crippen molar-refractivity contribution in [3.05, 3.63) is 28.8 Å². The van der Waals surface area contributed by atoms with Gasteiger partial charge in [-0.2, -0.15) is 8.78 Å². The molecule has 0 unspecified atom stereocenters. The number of hydrogen-bond acceptors (Lipinski definition) is 3. The molecule has 2 N–H and O–H groups in total. The van der Waals surface area contributed by atoms with Crippen molar-refractivity contribution < 1.29 is 23.4 Å². The third kappa shape index (κ3) is 3.69. The van der Waals surface area contributed by atoms with Crippen LogP contribution in [0.4, 0.5) is 8.78 Å². The summed E-state index contributed by atoms with van der Waals surface area (Å²) in [6.45, 7) is 0.846. The summed E-state index contributed by atoms with van der Waals surface area (Å²) in [6, 6.07) is 3.05. The summed E-state index contributed by atoms with van der Waals surface area (Å²) < 4.78 is 29.1. The van der Waals surface area contributed by atoms with Gasteiger partial charge in [0.25, 0.3) is 5.91 Å². The van der Waals surface area contributed by atoms with Crippen LogP contribution in [0.5, 0.6) is 5.75 Å². The van der Waals surface area contributed by atoms with Crippen LogP contribution in [0.15, 0.2) is 12.1 Å². The van der Waals surface area contributed by atoms with Crippen molar-refractivity contribution in [2.45, 2.75) is 33.3 Å². The van der Waals surface area contributed by atoms with Crippen LogP contribution in [0, 0.1) is 19.3 Å². The molecule has 1 aromatic carbocycles. The molecule has 0 atom stereocenters. The van der Waals surface area contributed by atoms with E-state index in [9.17, 15) is 18.7 Å². The first-order valence-corrected chi connectivity index (χ1v) is 6.82. The zero-order chi connectivity index (χ0) is 15.6. The number of carbonyl (C=O) groups excluding carboxylic acids is 1. The monoisotopic (exact) mass is 299 g/mol. The second kappa shape index (κ2) is 5.97. The van der Waals surface area contributed by atoms with Crippen LogP contribution in [0.3, 0.4) is 0 Å². The van der Waals surface area contributed by atoms with Gasteiger partial charge >= 0.3 is 6.61 Å². The van der Waals surface area contributed by atoms with Gasteiger partial charge in [-0.15, -0.1) is 0 Å². The Kier molecular flexibility index (Phi) is 4.46. The van der Waals surface area contributed by atoms with E-state index in [0.717, 1.165) is 12.8 Å². The quantitative estimate of drug-likeness (QED) is 0.848. The van der Waals surface area contributed by atoms with Gasteiger partial charge in [-0.3, -0.25) is 4.79 Å². The Hall–Kier alpha value is -1.69. The Morgan fingerprint density at radius 2 is 1.95 bits per heavy atom. The van der Waals surface area contributed by atoms with Gasteiger partial charge in [0.1, 0.15) is 5.75 Å². The molecule has 1 aliphatic carbocycles. The summed E-state index contributed by atoms with van der Waals surface area (Å²) in [6.07, 6.45) is 1.81. The average molecular weight is 299 g/mol. The summed E-state index contributed by atoms with van der Waals surface area (Å²) in [5.74, 6) is -0.167. The maximum Gasteiger partial charge on any atom is 0.387 e. The van der Waals surface area contributed by atoms with Crippen molar-refractivity contribution in [1.29, 1.82) is 0 Å². The topological polar surface area (TPSA) is 58.6 Å². The first-order valence-electron chi connectivity index (χ1n) is 6.82. The lowest BCUT2D eigenvalue weighted by Gasteiger charge is -2.15. The van der Waals surface area contributed by atoms with Crippen LogP contribution in [-0.2, 0) is 0 Å². The van der Waals surface area contributed by atoms with Gasteiger partial charge in [-0.25, -0.2) is 0 Å². The molecule has 0 aromatic heterocycles. The lowest BCUT2D eigenvalue weighted by Crippen LogP contribution is -2.32. The number of ether oxygens (including phenoxy) is 1. The molecular weight excluding hydrogens is 280 g/mol. The first kappa shape index (κ1) is 15.7. The average Bonchev–Trinajstić information content (AvgIpc) is 3.20. The molecule has 1 fully saturated rings.